The molecule has 1 aromatic heterocycles. The molecule has 2 atom stereocenters. The summed E-state index contributed by atoms with van der Waals surface area (Å²) in [5.74, 6) is 0.196. The minimum Gasteiger partial charge on any atom is -0.394 e. The molecule has 3 N–H and O–H groups in total. The SMILES string of the molecule is C[C@]1(n2ccc(N)nc2=O)CC[C@@H](CO)O1. The van der Waals surface area contributed by atoms with E-state index in [4.69, 9.17) is 15.6 Å². The molecule has 1 aliphatic rings. The van der Waals surface area contributed by atoms with E-state index in [0.29, 0.717) is 6.42 Å². The highest BCUT2D eigenvalue weighted by atomic mass is 16.5. The molecule has 0 saturated carbocycles. The fourth-order valence-corrected chi connectivity index (χ4v) is 1.99. The van der Waals surface area contributed by atoms with Gasteiger partial charge in [0.1, 0.15) is 11.5 Å². The van der Waals surface area contributed by atoms with Gasteiger partial charge in [0.05, 0.1) is 12.7 Å². The maximum atomic E-state index is 11.7. The number of ether oxygens (including phenoxy) is 1. The molecule has 0 radical (unpaired) electrons. The van der Waals surface area contributed by atoms with Gasteiger partial charge in [0.2, 0.25) is 0 Å². The van der Waals surface area contributed by atoms with Crippen LogP contribution in [-0.4, -0.2) is 27.4 Å². The van der Waals surface area contributed by atoms with Gasteiger partial charge in [0, 0.05) is 6.20 Å². The standard InChI is InChI=1S/C10H15N3O3/c1-10(4-2-7(6-14)16-10)13-5-3-8(11)12-9(13)15/h3,5,7,14H,2,4,6H2,1H3,(H2,11,12,15)/t7-,10+/m0/s1. The van der Waals surface area contributed by atoms with Crippen LogP contribution < -0.4 is 11.4 Å². The second kappa shape index (κ2) is 3.88. The Labute approximate surface area is 92.7 Å². The molecule has 1 saturated heterocycles. The predicted molar refractivity (Wildman–Crippen MR) is 57.8 cm³/mol. The summed E-state index contributed by atoms with van der Waals surface area (Å²) in [6.07, 6.45) is 2.76. The second-order valence-corrected chi connectivity index (χ2v) is 4.14. The van der Waals surface area contributed by atoms with E-state index in [-0.39, 0.29) is 18.5 Å². The molecule has 1 fully saturated rings. The van der Waals surface area contributed by atoms with E-state index in [1.54, 1.807) is 12.3 Å². The van der Waals surface area contributed by atoms with E-state index < -0.39 is 11.4 Å². The Morgan fingerprint density at radius 2 is 2.56 bits per heavy atom. The summed E-state index contributed by atoms with van der Waals surface area (Å²) in [5.41, 5.74) is 4.26. The van der Waals surface area contributed by atoms with Gasteiger partial charge in [-0.3, -0.25) is 4.57 Å². The summed E-state index contributed by atoms with van der Waals surface area (Å²) in [5, 5.41) is 9.01. The third-order valence-corrected chi connectivity index (χ3v) is 2.89. The van der Waals surface area contributed by atoms with Gasteiger partial charge in [-0.25, -0.2) is 4.79 Å². The Morgan fingerprint density at radius 3 is 3.12 bits per heavy atom. The van der Waals surface area contributed by atoms with Crippen molar-refractivity contribution in [2.45, 2.75) is 31.6 Å². The van der Waals surface area contributed by atoms with Crippen molar-refractivity contribution in [2.75, 3.05) is 12.3 Å². The molecule has 2 heterocycles. The van der Waals surface area contributed by atoms with E-state index in [1.165, 1.54) is 4.57 Å². The van der Waals surface area contributed by atoms with Crippen molar-refractivity contribution in [1.82, 2.24) is 9.55 Å². The van der Waals surface area contributed by atoms with E-state index in [0.717, 1.165) is 6.42 Å². The van der Waals surface area contributed by atoms with Crippen LogP contribution in [-0.2, 0) is 10.5 Å². The lowest BCUT2D eigenvalue weighted by Crippen LogP contribution is -2.40. The Morgan fingerprint density at radius 1 is 1.81 bits per heavy atom. The summed E-state index contributed by atoms with van der Waals surface area (Å²) in [4.78, 5) is 15.3. The normalized spacial score (nSPS) is 29.5. The molecule has 6 heteroatoms. The highest BCUT2D eigenvalue weighted by molar-refractivity contribution is 5.23. The predicted octanol–water partition coefficient (Wildman–Crippen LogP) is -0.331. The van der Waals surface area contributed by atoms with Crippen molar-refractivity contribution in [3.8, 4) is 0 Å². The molecule has 1 aliphatic heterocycles. The lowest BCUT2D eigenvalue weighted by atomic mass is 10.1. The molecule has 16 heavy (non-hydrogen) atoms. The lowest BCUT2D eigenvalue weighted by molar-refractivity contribution is -0.100. The first-order chi connectivity index (χ1) is 7.55. The van der Waals surface area contributed by atoms with E-state index in [2.05, 4.69) is 4.98 Å². The summed E-state index contributed by atoms with van der Waals surface area (Å²) in [6, 6.07) is 1.56. The number of hydrogen-bond donors (Lipinski definition) is 2. The van der Waals surface area contributed by atoms with Crippen LogP contribution in [0.3, 0.4) is 0 Å². The zero-order chi connectivity index (χ0) is 11.8. The lowest BCUT2D eigenvalue weighted by Gasteiger charge is -2.26. The summed E-state index contributed by atoms with van der Waals surface area (Å²) < 4.78 is 7.05. The van der Waals surface area contributed by atoms with Crippen LogP contribution >= 0.6 is 0 Å². The maximum absolute atomic E-state index is 11.7. The van der Waals surface area contributed by atoms with Gasteiger partial charge < -0.3 is 15.6 Å². The van der Waals surface area contributed by atoms with E-state index in [1.807, 2.05) is 6.92 Å². The zero-order valence-corrected chi connectivity index (χ0v) is 9.09. The highest BCUT2D eigenvalue weighted by Gasteiger charge is 2.38. The largest absolute Gasteiger partial charge is 0.394 e. The van der Waals surface area contributed by atoms with Crippen LogP contribution in [0.15, 0.2) is 17.1 Å². The smallest absolute Gasteiger partial charge is 0.351 e. The summed E-state index contributed by atoms with van der Waals surface area (Å²) in [6.45, 7) is 1.77. The van der Waals surface area contributed by atoms with Crippen molar-refractivity contribution < 1.29 is 9.84 Å². The molecule has 88 valence electrons. The number of hydrogen-bond acceptors (Lipinski definition) is 5. The Balaban J connectivity index is 2.34. The minimum atomic E-state index is -0.731. The highest BCUT2D eigenvalue weighted by Crippen LogP contribution is 2.33. The first-order valence-electron chi connectivity index (χ1n) is 5.19. The number of aliphatic hydroxyl groups is 1. The Bertz CT molecular complexity index is 445. The zero-order valence-electron chi connectivity index (χ0n) is 9.09. The van der Waals surface area contributed by atoms with Gasteiger partial charge in [0.15, 0.2) is 0 Å². The molecule has 6 nitrogen and oxygen atoms in total. The van der Waals surface area contributed by atoms with Gasteiger partial charge in [-0.2, -0.15) is 4.98 Å². The van der Waals surface area contributed by atoms with Crippen LogP contribution in [0.1, 0.15) is 19.8 Å². The van der Waals surface area contributed by atoms with Gasteiger partial charge in [0.25, 0.3) is 0 Å². The average molecular weight is 225 g/mol. The monoisotopic (exact) mass is 225 g/mol. The molecule has 1 aromatic rings. The third kappa shape index (κ3) is 1.81. The van der Waals surface area contributed by atoms with Crippen molar-refractivity contribution in [1.29, 1.82) is 0 Å². The quantitative estimate of drug-likeness (QED) is 0.719. The number of nitrogens with zero attached hydrogens (tertiary/aromatic N) is 2. The maximum Gasteiger partial charge on any atom is 0.351 e. The van der Waals surface area contributed by atoms with Gasteiger partial charge in [-0.15, -0.1) is 0 Å². The number of nitrogen functional groups attached to an aromatic ring is 1. The van der Waals surface area contributed by atoms with Crippen LogP contribution in [0.25, 0.3) is 0 Å². The number of nitrogens with two attached hydrogens (primary N) is 1. The number of anilines is 1. The second-order valence-electron chi connectivity index (χ2n) is 4.14. The molecule has 0 aromatic carbocycles. The van der Waals surface area contributed by atoms with E-state index >= 15 is 0 Å². The summed E-state index contributed by atoms with van der Waals surface area (Å²) >= 11 is 0. The Hall–Kier alpha value is -1.40. The molecule has 0 amide bonds. The Kier molecular flexibility index (Phi) is 2.69. The van der Waals surface area contributed by atoms with E-state index in [9.17, 15) is 4.79 Å². The first-order valence-corrected chi connectivity index (χ1v) is 5.19. The van der Waals surface area contributed by atoms with Gasteiger partial charge >= 0.3 is 5.69 Å². The third-order valence-electron chi connectivity index (χ3n) is 2.89. The molecule has 0 bridgehead atoms. The number of aliphatic hydroxyl groups excluding tert-OH is 1. The molecular weight excluding hydrogens is 210 g/mol. The molecular formula is C10H15N3O3. The fourth-order valence-electron chi connectivity index (χ4n) is 1.99. The number of aromatic nitrogens is 2. The van der Waals surface area contributed by atoms with Crippen molar-refractivity contribution in [3.63, 3.8) is 0 Å². The van der Waals surface area contributed by atoms with Crippen LogP contribution in [0.5, 0.6) is 0 Å². The van der Waals surface area contributed by atoms with Gasteiger partial charge in [-0.05, 0) is 25.8 Å². The molecule has 2 rings (SSSR count). The first kappa shape index (κ1) is 11.1. The summed E-state index contributed by atoms with van der Waals surface area (Å²) in [7, 11) is 0. The van der Waals surface area contributed by atoms with Crippen LogP contribution in [0.2, 0.25) is 0 Å². The fraction of sp³-hybridized carbons (Fsp3) is 0.600. The molecule has 0 unspecified atom stereocenters. The topological polar surface area (TPSA) is 90.4 Å². The van der Waals surface area contributed by atoms with Crippen molar-refractivity contribution in [3.05, 3.63) is 22.7 Å². The van der Waals surface area contributed by atoms with Crippen molar-refractivity contribution >= 4 is 5.82 Å². The van der Waals surface area contributed by atoms with Crippen LogP contribution in [0, 0.1) is 0 Å². The average Bonchev–Trinajstić information content (AvgIpc) is 2.61. The van der Waals surface area contributed by atoms with Crippen LogP contribution in [0.4, 0.5) is 5.82 Å². The molecule has 0 spiro atoms. The number of rotatable bonds is 2. The van der Waals surface area contributed by atoms with Crippen molar-refractivity contribution in [2.24, 2.45) is 0 Å². The molecule has 0 aliphatic carbocycles. The minimum absolute atomic E-state index is 0.0350. The van der Waals surface area contributed by atoms with Gasteiger partial charge in [-0.1, -0.05) is 0 Å².